The second-order valence-electron chi connectivity index (χ2n) is 11.5. The highest BCUT2D eigenvalue weighted by atomic mass is 16.6. The lowest BCUT2D eigenvalue weighted by molar-refractivity contribution is -0.160. The molecule has 0 amide bonds. The zero-order chi connectivity index (χ0) is 30.2. The molecule has 3 aromatic carbocycles. The van der Waals surface area contributed by atoms with Crippen molar-refractivity contribution in [3.05, 3.63) is 102 Å². The molecule has 42 heavy (non-hydrogen) atoms. The fourth-order valence-electron chi connectivity index (χ4n) is 5.42. The number of rotatable bonds is 8. The van der Waals surface area contributed by atoms with Crippen LogP contribution in [0.5, 0.6) is 5.75 Å². The first-order valence-corrected chi connectivity index (χ1v) is 14.5. The van der Waals surface area contributed by atoms with Gasteiger partial charge in [-0.25, -0.2) is 9.59 Å². The van der Waals surface area contributed by atoms with Gasteiger partial charge >= 0.3 is 17.9 Å². The van der Waals surface area contributed by atoms with Crippen LogP contribution in [-0.2, 0) is 19.0 Å². The van der Waals surface area contributed by atoms with Crippen LogP contribution in [-0.4, -0.2) is 37.2 Å². The summed E-state index contributed by atoms with van der Waals surface area (Å²) < 4.78 is 23.9. The summed E-state index contributed by atoms with van der Waals surface area (Å²) in [5.74, 6) is -1.66. The molecule has 0 aliphatic carbocycles. The van der Waals surface area contributed by atoms with E-state index in [0.717, 1.165) is 5.56 Å². The van der Waals surface area contributed by atoms with Gasteiger partial charge in [-0.1, -0.05) is 76.2 Å². The van der Waals surface area contributed by atoms with E-state index in [1.54, 1.807) is 55.6 Å². The van der Waals surface area contributed by atoms with E-state index in [-0.39, 0.29) is 30.1 Å². The van der Waals surface area contributed by atoms with Crippen LogP contribution < -0.4 is 4.74 Å². The molecule has 7 heteroatoms. The van der Waals surface area contributed by atoms with Gasteiger partial charge in [0.25, 0.3) is 0 Å². The van der Waals surface area contributed by atoms with Crippen LogP contribution >= 0.6 is 0 Å². The minimum atomic E-state index is -0.874. The number of carbonyl (C=O) groups is 3. The van der Waals surface area contributed by atoms with Crippen molar-refractivity contribution in [1.29, 1.82) is 0 Å². The molecule has 5 atom stereocenters. The van der Waals surface area contributed by atoms with Crippen LogP contribution in [0.4, 0.5) is 0 Å². The third-order valence-corrected chi connectivity index (χ3v) is 7.98. The molecule has 4 rings (SSSR count). The third-order valence-electron chi connectivity index (χ3n) is 7.98. The van der Waals surface area contributed by atoms with Crippen LogP contribution in [0, 0.1) is 23.7 Å². The van der Waals surface area contributed by atoms with Crippen LogP contribution in [0.3, 0.4) is 0 Å². The molecule has 0 spiro atoms. The van der Waals surface area contributed by atoms with Crippen molar-refractivity contribution >= 4 is 17.9 Å². The first-order valence-electron chi connectivity index (χ1n) is 14.5. The van der Waals surface area contributed by atoms with Gasteiger partial charge in [-0.3, -0.25) is 4.79 Å². The largest absolute Gasteiger partial charge is 0.497 e. The molecule has 1 saturated heterocycles. The quantitative estimate of drug-likeness (QED) is 0.211. The maximum absolute atomic E-state index is 13.8. The Labute approximate surface area is 248 Å². The average Bonchev–Trinajstić information content (AvgIpc) is 3.05. The molecule has 0 aromatic heterocycles. The summed E-state index contributed by atoms with van der Waals surface area (Å²) in [7, 11) is 1.60. The number of cyclic esters (lactones) is 1. The van der Waals surface area contributed by atoms with Crippen LogP contribution in [0.25, 0.3) is 0 Å². The van der Waals surface area contributed by atoms with Crippen molar-refractivity contribution in [2.45, 2.75) is 58.8 Å². The topological polar surface area (TPSA) is 88.1 Å². The Morgan fingerprint density at radius 1 is 0.714 bits per heavy atom. The molecular formula is C35H40O7. The van der Waals surface area contributed by atoms with Gasteiger partial charge in [0.1, 0.15) is 24.1 Å². The number of carbonyl (C=O) groups excluding carboxylic acids is 3. The number of benzene rings is 3. The molecule has 1 fully saturated rings. The van der Waals surface area contributed by atoms with E-state index in [0.29, 0.717) is 23.3 Å². The SMILES string of the molecule is COc1ccc([C@@H]2OC(=O)[C@H](C(C)C)C[C@@H](OC(=O)c3ccccc3)[C@@H](OC(=O)c3ccccc3)C[C@H]2C(C)C)cc1. The number of hydrogen-bond acceptors (Lipinski definition) is 7. The van der Waals surface area contributed by atoms with E-state index in [4.69, 9.17) is 18.9 Å². The van der Waals surface area contributed by atoms with Crippen molar-refractivity contribution < 1.29 is 33.3 Å². The first-order chi connectivity index (χ1) is 20.2. The third kappa shape index (κ3) is 7.58. The van der Waals surface area contributed by atoms with Crippen LogP contribution in [0.1, 0.15) is 72.9 Å². The van der Waals surface area contributed by atoms with Gasteiger partial charge in [0, 0.05) is 12.3 Å². The Bertz CT molecular complexity index is 1320. The van der Waals surface area contributed by atoms with Gasteiger partial charge in [-0.15, -0.1) is 0 Å². The fraction of sp³-hybridized carbons (Fsp3) is 0.400. The molecule has 222 valence electrons. The predicted octanol–water partition coefficient (Wildman–Crippen LogP) is 7.07. The predicted molar refractivity (Wildman–Crippen MR) is 159 cm³/mol. The molecule has 0 unspecified atom stereocenters. The highest BCUT2D eigenvalue weighted by molar-refractivity contribution is 5.90. The molecule has 0 saturated carbocycles. The maximum atomic E-state index is 13.8. The van der Waals surface area contributed by atoms with Gasteiger partial charge in [0.2, 0.25) is 0 Å². The van der Waals surface area contributed by atoms with Crippen LogP contribution in [0.2, 0.25) is 0 Å². The summed E-state index contributed by atoms with van der Waals surface area (Å²) in [5, 5.41) is 0. The van der Waals surface area contributed by atoms with E-state index >= 15 is 0 Å². The Hall–Kier alpha value is -4.13. The summed E-state index contributed by atoms with van der Waals surface area (Å²) in [6.45, 7) is 7.97. The van der Waals surface area contributed by atoms with Crippen molar-refractivity contribution in [1.82, 2.24) is 0 Å². The van der Waals surface area contributed by atoms with Gasteiger partial charge < -0.3 is 18.9 Å². The number of esters is 3. The zero-order valence-electron chi connectivity index (χ0n) is 24.9. The second kappa shape index (κ2) is 14.2. The number of ether oxygens (including phenoxy) is 4. The van der Waals surface area contributed by atoms with Gasteiger partial charge in [-0.05, 0) is 60.2 Å². The average molecular weight is 573 g/mol. The Balaban J connectivity index is 1.78. The standard InChI is InChI=1S/C35H40O7/c1-22(2)28-20-30(40-33(36)25-12-8-6-9-13-25)31(41-34(37)26-14-10-7-11-15-26)21-29(23(3)4)35(38)42-32(28)24-16-18-27(39-5)19-17-24/h6-19,22-23,28-32H,20-21H2,1-5H3/t28-,29-,30-,31+,32-/m0/s1. The summed E-state index contributed by atoms with van der Waals surface area (Å²) in [6, 6.07) is 24.9. The van der Waals surface area contributed by atoms with E-state index in [2.05, 4.69) is 0 Å². The van der Waals surface area contributed by atoms with E-state index in [1.807, 2.05) is 64.1 Å². The maximum Gasteiger partial charge on any atom is 0.338 e. The zero-order valence-corrected chi connectivity index (χ0v) is 24.9. The Morgan fingerprint density at radius 3 is 1.67 bits per heavy atom. The van der Waals surface area contributed by atoms with E-state index in [9.17, 15) is 14.4 Å². The molecule has 0 radical (unpaired) electrons. The highest BCUT2D eigenvalue weighted by Gasteiger charge is 2.43. The van der Waals surface area contributed by atoms with Gasteiger partial charge in [-0.2, -0.15) is 0 Å². The normalized spacial score (nSPS) is 22.8. The highest BCUT2D eigenvalue weighted by Crippen LogP contribution is 2.41. The number of hydrogen-bond donors (Lipinski definition) is 0. The lowest BCUT2D eigenvalue weighted by Crippen LogP contribution is -2.40. The van der Waals surface area contributed by atoms with Crippen molar-refractivity contribution in [3.63, 3.8) is 0 Å². The van der Waals surface area contributed by atoms with Crippen LogP contribution in [0.15, 0.2) is 84.9 Å². The van der Waals surface area contributed by atoms with Crippen molar-refractivity contribution in [2.24, 2.45) is 23.7 Å². The van der Waals surface area contributed by atoms with E-state index < -0.39 is 36.2 Å². The first kappa shape index (κ1) is 30.8. The molecule has 3 aromatic rings. The molecule has 7 nitrogen and oxygen atoms in total. The second-order valence-corrected chi connectivity index (χ2v) is 11.5. The molecular weight excluding hydrogens is 532 g/mol. The van der Waals surface area contributed by atoms with Gasteiger partial charge in [0.05, 0.1) is 24.2 Å². The summed E-state index contributed by atoms with van der Waals surface area (Å²) in [5.41, 5.74) is 1.59. The molecule has 0 N–H and O–H groups in total. The molecule has 0 bridgehead atoms. The summed E-state index contributed by atoms with van der Waals surface area (Å²) in [4.78, 5) is 40.5. The van der Waals surface area contributed by atoms with Crippen molar-refractivity contribution in [3.8, 4) is 5.75 Å². The molecule has 1 heterocycles. The minimum Gasteiger partial charge on any atom is -0.497 e. The number of methoxy groups -OCH3 is 1. The van der Waals surface area contributed by atoms with E-state index in [1.165, 1.54) is 0 Å². The lowest BCUT2D eigenvalue weighted by atomic mass is 9.80. The monoisotopic (exact) mass is 572 g/mol. The van der Waals surface area contributed by atoms with Gasteiger partial charge in [0.15, 0.2) is 0 Å². The smallest absolute Gasteiger partial charge is 0.338 e. The minimum absolute atomic E-state index is 0.0314. The lowest BCUT2D eigenvalue weighted by Gasteiger charge is -2.33. The fourth-order valence-corrected chi connectivity index (χ4v) is 5.42. The Morgan fingerprint density at radius 2 is 1.21 bits per heavy atom. The molecule has 1 aliphatic heterocycles. The molecule has 1 aliphatic rings. The van der Waals surface area contributed by atoms with Crippen molar-refractivity contribution in [2.75, 3.05) is 7.11 Å². The summed E-state index contributed by atoms with van der Waals surface area (Å²) in [6.07, 6.45) is -1.83. The summed E-state index contributed by atoms with van der Waals surface area (Å²) >= 11 is 0. The Kier molecular flexibility index (Phi) is 10.4.